The second-order valence-corrected chi connectivity index (χ2v) is 4.54. The lowest BCUT2D eigenvalue weighted by atomic mass is 10.3. The zero-order chi connectivity index (χ0) is 9.26. The van der Waals surface area contributed by atoms with E-state index in [9.17, 15) is 5.11 Å². The number of hydrogen-bond donors (Lipinski definition) is 1. The van der Waals surface area contributed by atoms with Gasteiger partial charge in [-0.3, -0.25) is 4.98 Å². The normalized spacial score (nSPS) is 21.7. The number of nitrogens with zero attached hydrogens (tertiary/aromatic N) is 2. The Balaban J connectivity index is 2.31. The van der Waals surface area contributed by atoms with Crippen molar-refractivity contribution in [3.63, 3.8) is 0 Å². The Kier molecular flexibility index (Phi) is 2.66. The highest BCUT2D eigenvalue weighted by Gasteiger charge is 2.16. The van der Waals surface area contributed by atoms with Crippen LogP contribution < -0.4 is 0 Å². The van der Waals surface area contributed by atoms with Crippen LogP contribution in [-0.2, 0) is 0 Å². The molecule has 5 heteroatoms. The molecular formula is C8H7BrN2OS. The highest BCUT2D eigenvalue weighted by Crippen LogP contribution is 2.23. The summed E-state index contributed by atoms with van der Waals surface area (Å²) in [7, 11) is 0. The smallest absolute Gasteiger partial charge is 0.155 e. The number of aromatic nitrogens is 1. The molecule has 1 aromatic heterocycles. The summed E-state index contributed by atoms with van der Waals surface area (Å²) in [6.45, 7) is 0. The molecule has 1 N–H and O–H groups in total. The summed E-state index contributed by atoms with van der Waals surface area (Å²) in [6, 6.07) is 1.94. The first-order valence-electron chi connectivity index (χ1n) is 3.75. The van der Waals surface area contributed by atoms with Crippen LogP contribution in [0.1, 0.15) is 5.56 Å². The SMILES string of the molecule is OC1CSC(c2cncc(Br)c2)=N1. The second-order valence-electron chi connectivity index (χ2n) is 2.62. The maximum Gasteiger partial charge on any atom is 0.155 e. The molecule has 0 radical (unpaired) electrons. The van der Waals surface area contributed by atoms with Crippen LogP contribution in [-0.4, -0.2) is 27.1 Å². The molecule has 0 aromatic carbocycles. The topological polar surface area (TPSA) is 45.5 Å². The number of pyridine rings is 1. The molecule has 1 aliphatic rings. The summed E-state index contributed by atoms with van der Waals surface area (Å²) >= 11 is 4.89. The van der Waals surface area contributed by atoms with Crippen LogP contribution in [0, 0.1) is 0 Å². The molecule has 1 aromatic rings. The Morgan fingerprint density at radius 2 is 2.38 bits per heavy atom. The molecule has 1 aliphatic heterocycles. The maximum absolute atomic E-state index is 9.19. The van der Waals surface area contributed by atoms with Gasteiger partial charge in [0, 0.05) is 28.2 Å². The second kappa shape index (κ2) is 3.77. The first-order valence-corrected chi connectivity index (χ1v) is 5.53. The highest BCUT2D eigenvalue weighted by molar-refractivity contribution is 9.10. The minimum absolute atomic E-state index is 0.556. The molecule has 2 rings (SSSR count). The third-order valence-corrected chi connectivity index (χ3v) is 3.10. The first kappa shape index (κ1) is 9.18. The van der Waals surface area contributed by atoms with Gasteiger partial charge in [-0.15, -0.1) is 11.8 Å². The Hall–Kier alpha value is -0.390. The molecular weight excluding hydrogens is 252 g/mol. The van der Waals surface area contributed by atoms with E-state index >= 15 is 0 Å². The number of halogens is 1. The number of rotatable bonds is 1. The van der Waals surface area contributed by atoms with Gasteiger partial charge in [-0.25, -0.2) is 4.99 Å². The van der Waals surface area contributed by atoms with Crippen LogP contribution in [0.2, 0.25) is 0 Å². The molecule has 0 aliphatic carbocycles. The van der Waals surface area contributed by atoms with Gasteiger partial charge in [0.15, 0.2) is 6.23 Å². The molecule has 0 saturated heterocycles. The Bertz CT molecular complexity index is 356. The van der Waals surface area contributed by atoms with E-state index < -0.39 is 6.23 Å². The number of aliphatic hydroxyl groups is 1. The summed E-state index contributed by atoms with van der Waals surface area (Å²) in [4.78, 5) is 8.11. The number of hydrogen-bond acceptors (Lipinski definition) is 4. The summed E-state index contributed by atoms with van der Waals surface area (Å²) in [5.74, 6) is 0.641. The summed E-state index contributed by atoms with van der Waals surface area (Å²) in [6.07, 6.45) is 2.91. The number of aliphatic hydroxyl groups excluding tert-OH is 1. The third-order valence-electron chi connectivity index (χ3n) is 1.59. The van der Waals surface area contributed by atoms with Crippen molar-refractivity contribution in [2.45, 2.75) is 6.23 Å². The molecule has 2 heterocycles. The van der Waals surface area contributed by atoms with Gasteiger partial charge in [-0.2, -0.15) is 0 Å². The minimum atomic E-state index is -0.556. The highest BCUT2D eigenvalue weighted by atomic mass is 79.9. The first-order chi connectivity index (χ1) is 6.25. The lowest BCUT2D eigenvalue weighted by Gasteiger charge is -1.98. The fourth-order valence-electron chi connectivity index (χ4n) is 1.05. The van der Waals surface area contributed by atoms with E-state index in [1.54, 1.807) is 24.2 Å². The van der Waals surface area contributed by atoms with Crippen molar-refractivity contribution in [1.82, 2.24) is 4.98 Å². The largest absolute Gasteiger partial charge is 0.371 e. The van der Waals surface area contributed by atoms with Gasteiger partial charge in [0.05, 0.1) is 0 Å². The van der Waals surface area contributed by atoms with E-state index in [1.807, 2.05) is 6.07 Å². The van der Waals surface area contributed by atoms with E-state index in [-0.39, 0.29) is 0 Å². The molecule has 1 unspecified atom stereocenters. The average molecular weight is 259 g/mol. The minimum Gasteiger partial charge on any atom is -0.371 e. The van der Waals surface area contributed by atoms with E-state index in [0.717, 1.165) is 15.1 Å². The number of thioether (sulfide) groups is 1. The van der Waals surface area contributed by atoms with Crippen molar-refractivity contribution in [3.05, 3.63) is 28.5 Å². The molecule has 68 valence electrons. The zero-order valence-corrected chi connectivity index (χ0v) is 9.05. The van der Waals surface area contributed by atoms with Crippen molar-refractivity contribution >= 4 is 32.7 Å². The summed E-state index contributed by atoms with van der Waals surface area (Å²) in [5, 5.41) is 10.1. The van der Waals surface area contributed by atoms with Crippen LogP contribution in [0.25, 0.3) is 0 Å². The monoisotopic (exact) mass is 258 g/mol. The van der Waals surface area contributed by atoms with Gasteiger partial charge in [0.2, 0.25) is 0 Å². The maximum atomic E-state index is 9.19. The quantitative estimate of drug-likeness (QED) is 0.834. The van der Waals surface area contributed by atoms with E-state index in [2.05, 4.69) is 25.9 Å². The van der Waals surface area contributed by atoms with Gasteiger partial charge in [0.1, 0.15) is 5.04 Å². The van der Waals surface area contributed by atoms with Crippen LogP contribution in [0.3, 0.4) is 0 Å². The predicted octanol–water partition coefficient (Wildman–Crippen LogP) is 1.66. The van der Waals surface area contributed by atoms with Crippen LogP contribution in [0.4, 0.5) is 0 Å². The summed E-state index contributed by atoms with van der Waals surface area (Å²) in [5.41, 5.74) is 0.955. The molecule has 0 bridgehead atoms. The van der Waals surface area contributed by atoms with Crippen molar-refractivity contribution in [1.29, 1.82) is 0 Å². The van der Waals surface area contributed by atoms with Crippen molar-refractivity contribution in [2.24, 2.45) is 4.99 Å². The standard InChI is InChI=1S/C8H7BrN2OS/c9-6-1-5(2-10-3-6)8-11-7(12)4-13-8/h1-3,7,12H,4H2. The molecule has 1 atom stereocenters. The Morgan fingerprint density at radius 1 is 1.54 bits per heavy atom. The molecule has 0 spiro atoms. The van der Waals surface area contributed by atoms with Crippen LogP contribution in [0.15, 0.2) is 27.9 Å². The molecule has 0 saturated carbocycles. The van der Waals surface area contributed by atoms with Crippen molar-refractivity contribution in [2.75, 3.05) is 5.75 Å². The predicted molar refractivity (Wildman–Crippen MR) is 56.9 cm³/mol. The summed E-state index contributed by atoms with van der Waals surface area (Å²) < 4.78 is 0.926. The van der Waals surface area contributed by atoms with Crippen LogP contribution >= 0.6 is 27.7 Å². The number of aliphatic imine (C=N–C) groups is 1. The van der Waals surface area contributed by atoms with Gasteiger partial charge >= 0.3 is 0 Å². The molecule has 3 nitrogen and oxygen atoms in total. The Morgan fingerprint density at radius 3 is 3.00 bits per heavy atom. The van der Waals surface area contributed by atoms with Gasteiger partial charge in [-0.1, -0.05) is 0 Å². The lowest BCUT2D eigenvalue weighted by Crippen LogP contribution is -1.98. The molecule has 0 fully saturated rings. The van der Waals surface area contributed by atoms with Crippen LogP contribution in [0.5, 0.6) is 0 Å². The molecule has 13 heavy (non-hydrogen) atoms. The van der Waals surface area contributed by atoms with Gasteiger partial charge in [-0.05, 0) is 22.0 Å². The van der Waals surface area contributed by atoms with E-state index in [4.69, 9.17) is 0 Å². The zero-order valence-electron chi connectivity index (χ0n) is 6.64. The fourth-order valence-corrected chi connectivity index (χ4v) is 2.27. The lowest BCUT2D eigenvalue weighted by molar-refractivity contribution is 0.213. The molecule has 0 amide bonds. The van der Waals surface area contributed by atoms with Gasteiger partial charge in [0.25, 0.3) is 0 Å². The van der Waals surface area contributed by atoms with E-state index in [1.165, 1.54) is 0 Å². The van der Waals surface area contributed by atoms with E-state index in [0.29, 0.717) is 5.75 Å². The third kappa shape index (κ3) is 2.10. The van der Waals surface area contributed by atoms with Gasteiger partial charge < -0.3 is 5.11 Å². The average Bonchev–Trinajstić information content (AvgIpc) is 2.52. The van der Waals surface area contributed by atoms with Crippen molar-refractivity contribution < 1.29 is 5.11 Å². The Labute approximate surface area is 88.4 Å². The van der Waals surface area contributed by atoms with Crippen molar-refractivity contribution in [3.8, 4) is 0 Å². The fraction of sp³-hybridized carbons (Fsp3) is 0.250.